The van der Waals surface area contributed by atoms with Crippen molar-refractivity contribution in [1.82, 2.24) is 0 Å². The summed E-state index contributed by atoms with van der Waals surface area (Å²) < 4.78 is 66.5. The van der Waals surface area contributed by atoms with Crippen LogP contribution in [0.1, 0.15) is 16.7 Å². The predicted molar refractivity (Wildman–Crippen MR) is 126 cm³/mol. The third kappa shape index (κ3) is 4.77. The molecule has 3 N–H and O–H groups in total. The molecule has 12 heteroatoms. The Morgan fingerprint density at radius 3 is 2.38 bits per heavy atom. The van der Waals surface area contributed by atoms with E-state index in [1.165, 1.54) is 36.4 Å². The summed E-state index contributed by atoms with van der Waals surface area (Å²) in [4.78, 5) is 12.3. The number of nitrogens with one attached hydrogen (secondary N) is 2. The first-order chi connectivity index (χ1) is 15.8. The van der Waals surface area contributed by atoms with Gasteiger partial charge in [0.2, 0.25) is 0 Å². The van der Waals surface area contributed by atoms with Crippen molar-refractivity contribution in [3.05, 3.63) is 80.8 Å². The van der Waals surface area contributed by atoms with Crippen LogP contribution in [0.4, 0.5) is 24.5 Å². The van der Waals surface area contributed by atoms with Crippen LogP contribution >= 0.6 is 27.5 Å². The number of halogens is 5. The third-order valence-electron chi connectivity index (χ3n) is 4.91. The third-order valence-corrected chi connectivity index (χ3v) is 7.11. The molecule has 0 unspecified atom stereocenters. The van der Waals surface area contributed by atoms with Gasteiger partial charge in [0.25, 0.3) is 15.9 Å². The van der Waals surface area contributed by atoms with Gasteiger partial charge >= 0.3 is 6.18 Å². The molecule has 0 aromatic heterocycles. The molecule has 0 saturated carbocycles. The second kappa shape index (κ2) is 8.64. The number of carbonyl (C=O) groups excluding carboxylic acids is 1. The Hall–Kier alpha value is -3.02. The van der Waals surface area contributed by atoms with Gasteiger partial charge in [-0.25, -0.2) is 8.42 Å². The normalized spacial score (nSPS) is 14.7. The number of amides is 1. The minimum Gasteiger partial charge on any atom is -0.506 e. The van der Waals surface area contributed by atoms with E-state index in [4.69, 9.17) is 11.6 Å². The first-order valence-corrected chi connectivity index (χ1v) is 12.1. The number of sulfonamides is 1. The Labute approximate surface area is 205 Å². The fraction of sp³-hybridized carbons (Fsp3) is 0.0455. The number of hydrogen-bond donors (Lipinski definition) is 3. The summed E-state index contributed by atoms with van der Waals surface area (Å²) in [5.41, 5.74) is -0.0453. The Morgan fingerprint density at radius 2 is 1.74 bits per heavy atom. The van der Waals surface area contributed by atoms with E-state index in [0.29, 0.717) is 15.2 Å². The highest BCUT2D eigenvalue weighted by Gasteiger charge is 2.30. The van der Waals surface area contributed by atoms with E-state index in [9.17, 15) is 31.5 Å². The van der Waals surface area contributed by atoms with Gasteiger partial charge in [-0.1, -0.05) is 11.6 Å². The number of hydrogen-bond acceptors (Lipinski definition) is 4. The van der Waals surface area contributed by atoms with Gasteiger partial charge in [0, 0.05) is 33.1 Å². The van der Waals surface area contributed by atoms with Crippen molar-refractivity contribution in [2.75, 3.05) is 10.0 Å². The lowest BCUT2D eigenvalue weighted by Crippen LogP contribution is -2.13. The zero-order valence-electron chi connectivity index (χ0n) is 16.7. The molecular weight excluding hydrogens is 561 g/mol. The molecule has 1 amide bonds. The van der Waals surface area contributed by atoms with Crippen LogP contribution < -0.4 is 10.0 Å². The van der Waals surface area contributed by atoms with Crippen LogP contribution in [0.25, 0.3) is 11.6 Å². The number of benzene rings is 3. The van der Waals surface area contributed by atoms with Gasteiger partial charge in [0.15, 0.2) is 0 Å². The van der Waals surface area contributed by atoms with Crippen molar-refractivity contribution in [3.8, 4) is 5.75 Å². The predicted octanol–water partition coefficient (Wildman–Crippen LogP) is 6.12. The van der Waals surface area contributed by atoms with Crippen LogP contribution in [0.5, 0.6) is 5.75 Å². The van der Waals surface area contributed by atoms with Crippen molar-refractivity contribution in [2.45, 2.75) is 11.1 Å². The molecule has 0 fully saturated rings. The lowest BCUT2D eigenvalue weighted by atomic mass is 10.0. The molecular formula is C22H13BrClF3N2O4S. The summed E-state index contributed by atoms with van der Waals surface area (Å²) in [5.74, 6) is -0.679. The summed E-state index contributed by atoms with van der Waals surface area (Å²) in [6, 6.07) is 10.3. The summed E-state index contributed by atoms with van der Waals surface area (Å²) >= 11 is 9.18. The number of anilines is 2. The van der Waals surface area contributed by atoms with Gasteiger partial charge in [-0.05, 0) is 76.6 Å². The van der Waals surface area contributed by atoms with Gasteiger partial charge in [0.05, 0.1) is 14.9 Å². The molecule has 0 spiro atoms. The van der Waals surface area contributed by atoms with Gasteiger partial charge in [-0.3, -0.25) is 9.52 Å². The molecule has 176 valence electrons. The van der Waals surface area contributed by atoms with E-state index < -0.39 is 27.7 Å². The Bertz CT molecular complexity index is 1460. The minimum atomic E-state index is -4.55. The Balaban J connectivity index is 1.70. The molecule has 34 heavy (non-hydrogen) atoms. The summed E-state index contributed by atoms with van der Waals surface area (Å²) in [6.45, 7) is 0. The maximum atomic E-state index is 12.9. The summed E-state index contributed by atoms with van der Waals surface area (Å²) in [7, 11) is -4.19. The fourth-order valence-electron chi connectivity index (χ4n) is 3.27. The number of carbonyl (C=O) groups is 1. The summed E-state index contributed by atoms with van der Waals surface area (Å²) in [6.07, 6.45) is -3.18. The highest BCUT2D eigenvalue weighted by Crippen LogP contribution is 2.39. The Kier molecular flexibility index (Phi) is 6.13. The SMILES string of the molecule is O=C1Nc2ccc(S(=O)(=O)Nc3ccc(C(F)(F)F)cc3)cc2C1=Cc1cc(Cl)cc(Br)c1O. The van der Waals surface area contributed by atoms with Gasteiger partial charge in [-0.2, -0.15) is 13.2 Å². The quantitative estimate of drug-likeness (QED) is 0.328. The highest BCUT2D eigenvalue weighted by atomic mass is 79.9. The molecule has 0 bridgehead atoms. The number of fused-ring (bicyclic) bond motifs is 1. The topological polar surface area (TPSA) is 95.5 Å². The molecule has 0 atom stereocenters. The van der Waals surface area contributed by atoms with Crippen LogP contribution in [0.2, 0.25) is 5.02 Å². The lowest BCUT2D eigenvalue weighted by molar-refractivity contribution is -0.137. The first-order valence-electron chi connectivity index (χ1n) is 9.41. The van der Waals surface area contributed by atoms with Gasteiger partial charge < -0.3 is 10.4 Å². The summed E-state index contributed by atoms with van der Waals surface area (Å²) in [5, 5.41) is 13.2. The lowest BCUT2D eigenvalue weighted by Gasteiger charge is -2.11. The average Bonchev–Trinajstić information content (AvgIpc) is 3.05. The zero-order valence-corrected chi connectivity index (χ0v) is 19.9. The number of alkyl halides is 3. The number of aromatic hydroxyl groups is 1. The van der Waals surface area contributed by atoms with E-state index in [-0.39, 0.29) is 33.0 Å². The van der Waals surface area contributed by atoms with Crippen LogP contribution in [0.3, 0.4) is 0 Å². The molecule has 0 radical (unpaired) electrons. The van der Waals surface area contributed by atoms with Crippen LogP contribution in [0, 0.1) is 0 Å². The van der Waals surface area contributed by atoms with E-state index in [1.807, 2.05) is 0 Å². The van der Waals surface area contributed by atoms with Crippen LogP contribution in [0.15, 0.2) is 64.0 Å². The molecule has 1 heterocycles. The molecule has 1 aliphatic heterocycles. The number of phenols is 1. The molecule has 3 aromatic rings. The van der Waals surface area contributed by atoms with Crippen molar-refractivity contribution >= 4 is 66.5 Å². The second-order valence-electron chi connectivity index (χ2n) is 7.23. The largest absolute Gasteiger partial charge is 0.506 e. The van der Waals surface area contributed by atoms with E-state index in [0.717, 1.165) is 24.3 Å². The fourth-order valence-corrected chi connectivity index (χ4v) is 5.19. The van der Waals surface area contributed by atoms with Crippen molar-refractivity contribution in [1.29, 1.82) is 0 Å². The number of rotatable bonds is 4. The molecule has 6 nitrogen and oxygen atoms in total. The minimum absolute atomic E-state index is 0.0628. The smallest absolute Gasteiger partial charge is 0.416 e. The Morgan fingerprint density at radius 1 is 1.06 bits per heavy atom. The maximum absolute atomic E-state index is 12.9. The van der Waals surface area contributed by atoms with Crippen molar-refractivity contribution in [2.24, 2.45) is 0 Å². The molecule has 3 aromatic carbocycles. The van der Waals surface area contributed by atoms with Crippen LogP contribution in [-0.4, -0.2) is 19.4 Å². The maximum Gasteiger partial charge on any atom is 0.416 e. The molecule has 0 aliphatic carbocycles. The van der Waals surface area contributed by atoms with Gasteiger partial charge in [-0.15, -0.1) is 0 Å². The second-order valence-corrected chi connectivity index (χ2v) is 10.2. The van der Waals surface area contributed by atoms with Crippen molar-refractivity contribution in [3.63, 3.8) is 0 Å². The van der Waals surface area contributed by atoms with Gasteiger partial charge in [0.1, 0.15) is 5.75 Å². The van der Waals surface area contributed by atoms with E-state index in [1.54, 1.807) is 0 Å². The standard InChI is InChI=1S/C22H13BrClF3N2O4S/c23-18-9-13(24)7-11(20(18)30)8-17-16-10-15(5-6-19(16)28-21(17)31)34(32,33)29-14-3-1-12(2-4-14)22(25,26)27/h1-10,29-30H,(H,28,31). The molecule has 1 aliphatic rings. The van der Waals surface area contributed by atoms with E-state index >= 15 is 0 Å². The van der Waals surface area contributed by atoms with Crippen LogP contribution in [-0.2, 0) is 21.0 Å². The van der Waals surface area contributed by atoms with E-state index in [2.05, 4.69) is 26.0 Å². The average molecular weight is 574 g/mol. The zero-order chi connectivity index (χ0) is 24.8. The number of phenolic OH excluding ortho intramolecular Hbond substituents is 1. The highest BCUT2D eigenvalue weighted by molar-refractivity contribution is 9.10. The molecule has 4 rings (SSSR count). The first kappa shape index (κ1) is 24.1. The monoisotopic (exact) mass is 572 g/mol. The molecule has 0 saturated heterocycles. The van der Waals surface area contributed by atoms with Crippen molar-refractivity contribution < 1.29 is 31.5 Å².